The van der Waals surface area contributed by atoms with Gasteiger partial charge in [-0.15, -0.1) is 0 Å². The van der Waals surface area contributed by atoms with Crippen molar-refractivity contribution in [1.29, 1.82) is 0 Å². The van der Waals surface area contributed by atoms with Crippen LogP contribution in [0.4, 0.5) is 5.69 Å². The molecular formula is C16H15BrClNO2. The van der Waals surface area contributed by atoms with Crippen LogP contribution in [0.25, 0.3) is 0 Å². The van der Waals surface area contributed by atoms with E-state index in [1.54, 1.807) is 18.2 Å². The summed E-state index contributed by atoms with van der Waals surface area (Å²) in [5, 5.41) is 3.80. The molecule has 2 rings (SSSR count). The molecule has 0 saturated carbocycles. The van der Waals surface area contributed by atoms with Crippen LogP contribution in [0, 0.1) is 6.92 Å². The zero-order chi connectivity index (χ0) is 15.4. The lowest BCUT2D eigenvalue weighted by molar-refractivity contribution is -0.141. The molecule has 3 nitrogen and oxygen atoms in total. The van der Waals surface area contributed by atoms with Crippen LogP contribution in [0.2, 0.25) is 5.02 Å². The minimum absolute atomic E-state index is 0.362. The standard InChI is InChI=1S/C16H15BrClNO2/c1-10-4-3-5-12(8-10)19-15(16(20)21-2)13-7-6-11(18)9-14(13)17/h3-9,15,19H,1-2H3. The third-order valence-electron chi connectivity index (χ3n) is 3.04. The zero-order valence-electron chi connectivity index (χ0n) is 11.7. The van der Waals surface area contributed by atoms with Crippen molar-refractivity contribution in [3.05, 3.63) is 63.1 Å². The van der Waals surface area contributed by atoms with Crippen LogP contribution in [-0.2, 0) is 9.53 Å². The number of nitrogens with one attached hydrogen (secondary N) is 1. The Hall–Kier alpha value is -1.52. The quantitative estimate of drug-likeness (QED) is 0.792. The molecule has 0 aromatic heterocycles. The van der Waals surface area contributed by atoms with Crippen LogP contribution in [0.15, 0.2) is 46.9 Å². The van der Waals surface area contributed by atoms with Gasteiger partial charge < -0.3 is 10.1 Å². The van der Waals surface area contributed by atoms with Crippen LogP contribution in [-0.4, -0.2) is 13.1 Å². The molecule has 1 N–H and O–H groups in total. The van der Waals surface area contributed by atoms with Gasteiger partial charge in [0.15, 0.2) is 6.04 Å². The van der Waals surface area contributed by atoms with E-state index in [9.17, 15) is 4.79 Å². The Morgan fingerprint density at radius 1 is 1.29 bits per heavy atom. The fourth-order valence-electron chi connectivity index (χ4n) is 2.02. The summed E-state index contributed by atoms with van der Waals surface area (Å²) in [5.74, 6) is -0.362. The van der Waals surface area contributed by atoms with Gasteiger partial charge in [0.1, 0.15) is 0 Å². The molecule has 2 aromatic rings. The molecule has 1 unspecified atom stereocenters. The molecule has 110 valence electrons. The van der Waals surface area contributed by atoms with Gasteiger partial charge in [0.25, 0.3) is 0 Å². The highest BCUT2D eigenvalue weighted by molar-refractivity contribution is 9.10. The van der Waals surface area contributed by atoms with Gasteiger partial charge in [0.2, 0.25) is 0 Å². The molecule has 0 fully saturated rings. The third kappa shape index (κ3) is 3.99. The first kappa shape index (κ1) is 15.9. The van der Waals surface area contributed by atoms with Crippen LogP contribution in [0.1, 0.15) is 17.2 Å². The average Bonchev–Trinajstić information content (AvgIpc) is 2.45. The largest absolute Gasteiger partial charge is 0.467 e. The first-order valence-corrected chi connectivity index (χ1v) is 7.54. The number of halogens is 2. The van der Waals surface area contributed by atoms with E-state index >= 15 is 0 Å². The van der Waals surface area contributed by atoms with Gasteiger partial charge in [-0.2, -0.15) is 0 Å². The molecule has 1 atom stereocenters. The van der Waals surface area contributed by atoms with Gasteiger partial charge in [-0.25, -0.2) is 4.79 Å². The summed E-state index contributed by atoms with van der Waals surface area (Å²) >= 11 is 9.39. The monoisotopic (exact) mass is 367 g/mol. The van der Waals surface area contributed by atoms with E-state index < -0.39 is 6.04 Å². The number of hydrogen-bond donors (Lipinski definition) is 1. The lowest BCUT2D eigenvalue weighted by atomic mass is 10.1. The summed E-state index contributed by atoms with van der Waals surface area (Å²) in [6, 6.07) is 12.5. The highest BCUT2D eigenvalue weighted by Crippen LogP contribution is 2.30. The SMILES string of the molecule is COC(=O)C(Nc1cccc(C)c1)c1ccc(Cl)cc1Br. The van der Waals surface area contributed by atoms with Gasteiger partial charge in [-0.1, -0.05) is 45.7 Å². The van der Waals surface area contributed by atoms with E-state index in [4.69, 9.17) is 16.3 Å². The van der Waals surface area contributed by atoms with Crippen molar-refractivity contribution in [2.75, 3.05) is 12.4 Å². The van der Waals surface area contributed by atoms with Crippen molar-refractivity contribution in [3.8, 4) is 0 Å². The Morgan fingerprint density at radius 2 is 2.05 bits per heavy atom. The number of hydrogen-bond acceptors (Lipinski definition) is 3. The van der Waals surface area contributed by atoms with Crippen LogP contribution in [0.3, 0.4) is 0 Å². The van der Waals surface area contributed by atoms with Crippen LogP contribution >= 0.6 is 27.5 Å². The second-order valence-electron chi connectivity index (χ2n) is 4.64. The van der Waals surface area contributed by atoms with Crippen molar-refractivity contribution in [2.24, 2.45) is 0 Å². The molecule has 0 bridgehead atoms. The maximum absolute atomic E-state index is 12.1. The van der Waals surface area contributed by atoms with E-state index in [-0.39, 0.29) is 5.97 Å². The summed E-state index contributed by atoms with van der Waals surface area (Å²) < 4.78 is 5.65. The van der Waals surface area contributed by atoms with Crippen molar-refractivity contribution >= 4 is 39.2 Å². The number of benzene rings is 2. The molecule has 0 aliphatic rings. The second kappa shape index (κ2) is 6.96. The molecule has 0 heterocycles. The first-order chi connectivity index (χ1) is 10.0. The Labute approximate surface area is 137 Å². The molecule has 2 aromatic carbocycles. The number of methoxy groups -OCH3 is 1. The number of ether oxygens (including phenoxy) is 1. The van der Waals surface area contributed by atoms with E-state index in [0.29, 0.717) is 5.02 Å². The van der Waals surface area contributed by atoms with Gasteiger partial charge >= 0.3 is 5.97 Å². The van der Waals surface area contributed by atoms with Gasteiger partial charge in [-0.05, 0) is 42.3 Å². The van der Waals surface area contributed by atoms with E-state index in [2.05, 4.69) is 21.2 Å². The number of esters is 1. The maximum atomic E-state index is 12.1. The summed E-state index contributed by atoms with van der Waals surface area (Å²) in [7, 11) is 1.37. The molecule has 0 aliphatic carbocycles. The minimum Gasteiger partial charge on any atom is -0.467 e. The zero-order valence-corrected chi connectivity index (χ0v) is 14.0. The number of rotatable bonds is 4. The molecular weight excluding hydrogens is 354 g/mol. The van der Waals surface area contributed by atoms with Crippen molar-refractivity contribution in [2.45, 2.75) is 13.0 Å². The summed E-state index contributed by atoms with van der Waals surface area (Å²) in [6.45, 7) is 2.00. The molecule has 0 radical (unpaired) electrons. The second-order valence-corrected chi connectivity index (χ2v) is 5.93. The summed E-state index contributed by atoms with van der Waals surface area (Å²) in [6.07, 6.45) is 0. The van der Waals surface area contributed by atoms with E-state index in [0.717, 1.165) is 21.3 Å². The summed E-state index contributed by atoms with van der Waals surface area (Å²) in [5.41, 5.74) is 2.73. The molecule has 21 heavy (non-hydrogen) atoms. The number of carbonyl (C=O) groups is 1. The maximum Gasteiger partial charge on any atom is 0.333 e. The molecule has 0 amide bonds. The highest BCUT2D eigenvalue weighted by Gasteiger charge is 2.23. The van der Waals surface area contributed by atoms with Crippen molar-refractivity contribution < 1.29 is 9.53 Å². The van der Waals surface area contributed by atoms with Crippen LogP contribution < -0.4 is 5.32 Å². The Balaban J connectivity index is 2.37. The van der Waals surface area contributed by atoms with Crippen molar-refractivity contribution in [3.63, 3.8) is 0 Å². The molecule has 0 aliphatic heterocycles. The van der Waals surface area contributed by atoms with Crippen molar-refractivity contribution in [1.82, 2.24) is 0 Å². The number of aryl methyl sites for hydroxylation is 1. The lowest BCUT2D eigenvalue weighted by Gasteiger charge is -2.19. The predicted molar refractivity (Wildman–Crippen MR) is 88.7 cm³/mol. The number of anilines is 1. The highest BCUT2D eigenvalue weighted by atomic mass is 79.9. The topological polar surface area (TPSA) is 38.3 Å². The Bertz CT molecular complexity index is 660. The third-order valence-corrected chi connectivity index (χ3v) is 3.96. The molecule has 0 saturated heterocycles. The fraction of sp³-hybridized carbons (Fsp3) is 0.188. The van der Waals surface area contributed by atoms with Gasteiger partial charge in [-0.3, -0.25) is 0 Å². The summed E-state index contributed by atoms with van der Waals surface area (Å²) in [4.78, 5) is 12.1. The van der Waals surface area contributed by atoms with E-state index in [1.165, 1.54) is 7.11 Å². The Morgan fingerprint density at radius 3 is 2.67 bits per heavy atom. The Kier molecular flexibility index (Phi) is 5.26. The number of carbonyl (C=O) groups excluding carboxylic acids is 1. The fourth-order valence-corrected chi connectivity index (χ4v) is 2.93. The average molecular weight is 369 g/mol. The van der Waals surface area contributed by atoms with Crippen LogP contribution in [0.5, 0.6) is 0 Å². The lowest BCUT2D eigenvalue weighted by Crippen LogP contribution is -2.22. The molecule has 0 spiro atoms. The minimum atomic E-state index is -0.608. The molecule has 5 heteroatoms. The van der Waals surface area contributed by atoms with Gasteiger partial charge in [0.05, 0.1) is 7.11 Å². The first-order valence-electron chi connectivity index (χ1n) is 6.37. The van der Waals surface area contributed by atoms with E-state index in [1.807, 2.05) is 31.2 Å². The smallest absolute Gasteiger partial charge is 0.333 e. The van der Waals surface area contributed by atoms with Gasteiger partial charge in [0, 0.05) is 15.2 Å². The normalized spacial score (nSPS) is 11.8. The predicted octanol–water partition coefficient (Wildman–Crippen LogP) is 4.74.